The van der Waals surface area contributed by atoms with E-state index in [0.29, 0.717) is 28.2 Å². The maximum atomic E-state index is 13.1. The van der Waals surface area contributed by atoms with Crippen LogP contribution in [0.5, 0.6) is 0 Å². The molecule has 0 radical (unpaired) electrons. The average Bonchev–Trinajstić information content (AvgIpc) is 3.14. The van der Waals surface area contributed by atoms with Crippen LogP contribution in [0, 0.1) is 17.0 Å². The van der Waals surface area contributed by atoms with Gasteiger partial charge < -0.3 is 14.3 Å². The number of H-pyrrole nitrogens is 1. The molecule has 0 aliphatic heterocycles. The zero-order chi connectivity index (χ0) is 22.1. The van der Waals surface area contributed by atoms with Gasteiger partial charge in [-0.25, -0.2) is 0 Å². The Morgan fingerprint density at radius 2 is 1.90 bits per heavy atom. The molecule has 1 amide bonds. The number of rotatable bonds is 5. The Hall–Kier alpha value is -4.20. The summed E-state index contributed by atoms with van der Waals surface area (Å²) in [6.45, 7) is 1.91. The van der Waals surface area contributed by atoms with Gasteiger partial charge in [0.15, 0.2) is 0 Å². The molecule has 0 fully saturated rings. The zero-order valence-corrected chi connectivity index (χ0v) is 16.9. The number of nitrogens with one attached hydrogen (secondary N) is 1. The first-order chi connectivity index (χ1) is 14.8. The van der Waals surface area contributed by atoms with Gasteiger partial charge in [-0.05, 0) is 24.6 Å². The summed E-state index contributed by atoms with van der Waals surface area (Å²) in [5.74, 6) is 0.510. The van der Waals surface area contributed by atoms with Gasteiger partial charge in [0.1, 0.15) is 11.5 Å². The molecule has 0 spiro atoms. The first-order valence-corrected chi connectivity index (χ1v) is 9.55. The topological polar surface area (TPSA) is 109 Å². The number of aryl methyl sites for hydroxylation is 1. The Balaban J connectivity index is 1.63. The van der Waals surface area contributed by atoms with Crippen LogP contribution in [0.3, 0.4) is 0 Å². The number of hydrogen-bond acceptors (Lipinski definition) is 5. The lowest BCUT2D eigenvalue weighted by Gasteiger charge is -2.18. The standard InChI is InChI=1S/C23H19N3O5/c1-14-19(12-21(31-14)15-6-5-7-17(10-15)26(29)30)23(28)25(2)13-16-11-22(27)24-20-9-4-3-8-18(16)20/h3-12H,13H2,1-2H3,(H,24,27). The minimum Gasteiger partial charge on any atom is -0.461 e. The monoisotopic (exact) mass is 417 g/mol. The van der Waals surface area contributed by atoms with Crippen LogP contribution in [0.2, 0.25) is 0 Å². The Bertz CT molecular complexity index is 1370. The first-order valence-electron chi connectivity index (χ1n) is 9.55. The highest BCUT2D eigenvalue weighted by Crippen LogP contribution is 2.29. The summed E-state index contributed by atoms with van der Waals surface area (Å²) >= 11 is 0. The van der Waals surface area contributed by atoms with Gasteiger partial charge in [-0.1, -0.05) is 30.3 Å². The van der Waals surface area contributed by atoms with Crippen molar-refractivity contribution in [2.24, 2.45) is 0 Å². The Morgan fingerprint density at radius 1 is 1.13 bits per heavy atom. The second-order valence-electron chi connectivity index (χ2n) is 7.25. The fourth-order valence-corrected chi connectivity index (χ4v) is 3.55. The molecular formula is C23H19N3O5. The minimum atomic E-state index is -0.481. The second kappa shape index (κ2) is 7.91. The molecule has 0 aliphatic rings. The molecule has 156 valence electrons. The summed E-state index contributed by atoms with van der Waals surface area (Å²) < 4.78 is 5.72. The van der Waals surface area contributed by atoms with Crippen molar-refractivity contribution in [1.82, 2.24) is 9.88 Å². The number of carbonyl (C=O) groups excluding carboxylic acids is 1. The van der Waals surface area contributed by atoms with Gasteiger partial charge in [-0.2, -0.15) is 0 Å². The lowest BCUT2D eigenvalue weighted by molar-refractivity contribution is -0.384. The van der Waals surface area contributed by atoms with E-state index in [4.69, 9.17) is 4.42 Å². The molecule has 0 atom stereocenters. The normalized spacial score (nSPS) is 10.9. The van der Waals surface area contributed by atoms with Crippen LogP contribution in [0.25, 0.3) is 22.2 Å². The summed E-state index contributed by atoms with van der Waals surface area (Å²) in [4.78, 5) is 39.9. The summed E-state index contributed by atoms with van der Waals surface area (Å²) in [6, 6.07) is 16.5. The third-order valence-electron chi connectivity index (χ3n) is 5.08. The van der Waals surface area contributed by atoms with Crippen molar-refractivity contribution in [3.05, 3.63) is 98.0 Å². The van der Waals surface area contributed by atoms with E-state index in [2.05, 4.69) is 4.98 Å². The number of amides is 1. The summed E-state index contributed by atoms with van der Waals surface area (Å²) in [5, 5.41) is 11.9. The number of para-hydroxylation sites is 1. The smallest absolute Gasteiger partial charge is 0.270 e. The molecule has 8 heteroatoms. The number of fused-ring (bicyclic) bond motifs is 1. The van der Waals surface area contributed by atoms with Crippen molar-refractivity contribution in [1.29, 1.82) is 0 Å². The largest absolute Gasteiger partial charge is 0.461 e. The van der Waals surface area contributed by atoms with Crippen LogP contribution in [0.1, 0.15) is 21.7 Å². The summed E-state index contributed by atoms with van der Waals surface area (Å²) in [5.41, 5.74) is 2.02. The van der Waals surface area contributed by atoms with Crippen LogP contribution >= 0.6 is 0 Å². The highest BCUT2D eigenvalue weighted by Gasteiger charge is 2.21. The van der Waals surface area contributed by atoms with Crippen LogP contribution < -0.4 is 5.56 Å². The lowest BCUT2D eigenvalue weighted by Crippen LogP contribution is -2.27. The minimum absolute atomic E-state index is 0.0577. The Labute approximate surface area is 176 Å². The number of furan rings is 1. The molecule has 4 rings (SSSR count). The molecule has 1 N–H and O–H groups in total. The molecule has 0 saturated carbocycles. The third-order valence-corrected chi connectivity index (χ3v) is 5.08. The van der Waals surface area contributed by atoms with E-state index in [1.165, 1.54) is 23.1 Å². The second-order valence-corrected chi connectivity index (χ2v) is 7.25. The van der Waals surface area contributed by atoms with Crippen LogP contribution in [0.4, 0.5) is 5.69 Å². The number of pyridine rings is 1. The van der Waals surface area contributed by atoms with E-state index in [9.17, 15) is 19.7 Å². The van der Waals surface area contributed by atoms with Gasteiger partial charge in [0.05, 0.1) is 10.5 Å². The van der Waals surface area contributed by atoms with E-state index in [1.54, 1.807) is 32.2 Å². The Kier molecular flexibility index (Phi) is 5.12. The lowest BCUT2D eigenvalue weighted by atomic mass is 10.1. The number of non-ortho nitro benzene ring substituents is 1. The van der Waals surface area contributed by atoms with Gasteiger partial charge >= 0.3 is 0 Å². The number of aromatic nitrogens is 1. The molecular weight excluding hydrogens is 398 g/mol. The predicted molar refractivity (Wildman–Crippen MR) is 116 cm³/mol. The van der Waals surface area contributed by atoms with Crippen molar-refractivity contribution >= 4 is 22.5 Å². The van der Waals surface area contributed by atoms with E-state index in [0.717, 1.165) is 10.9 Å². The van der Waals surface area contributed by atoms with Crippen molar-refractivity contribution in [2.75, 3.05) is 7.05 Å². The maximum absolute atomic E-state index is 13.1. The first kappa shape index (κ1) is 20.1. The molecule has 0 aliphatic carbocycles. The van der Waals surface area contributed by atoms with Gasteiger partial charge in [0, 0.05) is 48.3 Å². The van der Waals surface area contributed by atoms with Crippen molar-refractivity contribution in [2.45, 2.75) is 13.5 Å². The van der Waals surface area contributed by atoms with E-state index in [1.807, 2.05) is 24.3 Å². The van der Waals surface area contributed by atoms with Gasteiger partial charge in [-0.3, -0.25) is 19.7 Å². The summed E-state index contributed by atoms with van der Waals surface area (Å²) in [7, 11) is 1.65. The molecule has 8 nitrogen and oxygen atoms in total. The van der Waals surface area contributed by atoms with Gasteiger partial charge in [0.2, 0.25) is 5.56 Å². The fraction of sp³-hybridized carbons (Fsp3) is 0.130. The van der Waals surface area contributed by atoms with Crippen LogP contribution in [-0.4, -0.2) is 27.8 Å². The maximum Gasteiger partial charge on any atom is 0.270 e. The zero-order valence-electron chi connectivity index (χ0n) is 16.9. The van der Waals surface area contributed by atoms with Crippen LogP contribution in [-0.2, 0) is 6.54 Å². The van der Waals surface area contributed by atoms with Gasteiger partial charge in [-0.15, -0.1) is 0 Å². The van der Waals surface area contributed by atoms with E-state index >= 15 is 0 Å². The number of nitro groups is 1. The number of nitrogens with zero attached hydrogens (tertiary/aromatic N) is 2. The highest BCUT2D eigenvalue weighted by atomic mass is 16.6. The molecule has 2 heterocycles. The molecule has 31 heavy (non-hydrogen) atoms. The van der Waals surface area contributed by atoms with E-state index in [-0.39, 0.29) is 23.7 Å². The number of hydrogen-bond donors (Lipinski definition) is 1. The van der Waals surface area contributed by atoms with Crippen molar-refractivity contribution in [3.8, 4) is 11.3 Å². The average molecular weight is 417 g/mol. The number of aromatic amines is 1. The third kappa shape index (κ3) is 3.95. The van der Waals surface area contributed by atoms with Crippen molar-refractivity contribution < 1.29 is 14.1 Å². The SMILES string of the molecule is Cc1oc(-c2cccc([N+](=O)[O-])c2)cc1C(=O)N(C)Cc1cc(=O)[nH]c2ccccc12. The predicted octanol–water partition coefficient (Wildman–Crippen LogP) is 4.28. The molecule has 0 unspecified atom stereocenters. The summed E-state index contributed by atoms with van der Waals surface area (Å²) in [6.07, 6.45) is 0. The molecule has 0 bridgehead atoms. The van der Waals surface area contributed by atoms with Crippen molar-refractivity contribution in [3.63, 3.8) is 0 Å². The molecule has 2 aromatic carbocycles. The Morgan fingerprint density at radius 3 is 2.68 bits per heavy atom. The quantitative estimate of drug-likeness (QED) is 0.385. The molecule has 0 saturated heterocycles. The van der Waals surface area contributed by atoms with Crippen LogP contribution in [0.15, 0.2) is 69.9 Å². The fourth-order valence-electron chi connectivity index (χ4n) is 3.55. The molecule has 4 aromatic rings. The number of carbonyl (C=O) groups is 1. The van der Waals surface area contributed by atoms with Gasteiger partial charge in [0.25, 0.3) is 11.6 Å². The number of nitro benzene ring substituents is 1. The highest BCUT2D eigenvalue weighted by molar-refractivity contribution is 5.96. The number of benzene rings is 2. The van der Waals surface area contributed by atoms with E-state index < -0.39 is 4.92 Å². The molecule has 2 aromatic heterocycles.